The smallest absolute Gasteiger partial charge is 0.343 e. The van der Waals surface area contributed by atoms with Crippen LogP contribution in [0.2, 0.25) is 0 Å². The number of nitrogens with one attached hydrogen (secondary N) is 1. The summed E-state index contributed by atoms with van der Waals surface area (Å²) < 4.78 is 47.0. The number of nitrogens with zero attached hydrogens (tertiary/aromatic N) is 3. The Balaban J connectivity index is 1.70. The fourth-order valence-corrected chi connectivity index (χ4v) is 4.28. The van der Waals surface area contributed by atoms with E-state index in [2.05, 4.69) is 34.1 Å². The fraction of sp³-hybridized carbons (Fsp3) is 0.240. The molecular weight excluding hydrogens is 445 g/mol. The van der Waals surface area contributed by atoms with Crippen LogP contribution in [0.5, 0.6) is 0 Å². The van der Waals surface area contributed by atoms with Crippen molar-refractivity contribution < 1.29 is 13.2 Å². The van der Waals surface area contributed by atoms with Crippen molar-refractivity contribution >= 4 is 23.0 Å². The maximum absolute atomic E-state index is 13.2. The first-order valence-corrected chi connectivity index (χ1v) is 11.3. The van der Waals surface area contributed by atoms with Crippen molar-refractivity contribution in [1.82, 2.24) is 18.6 Å². The van der Waals surface area contributed by atoms with Crippen LogP contribution < -0.4 is 4.72 Å². The molecule has 2 heterocycles. The van der Waals surface area contributed by atoms with Crippen molar-refractivity contribution in [2.45, 2.75) is 19.1 Å². The first-order valence-electron chi connectivity index (χ1n) is 10.6. The van der Waals surface area contributed by atoms with Crippen molar-refractivity contribution in [3.8, 4) is 11.1 Å². The fourth-order valence-electron chi connectivity index (χ4n) is 3.83. The van der Waals surface area contributed by atoms with Gasteiger partial charge in [0.15, 0.2) is 0 Å². The van der Waals surface area contributed by atoms with E-state index in [1.54, 1.807) is 18.5 Å². The molecule has 1 N–H and O–H groups in total. The van der Waals surface area contributed by atoms with Gasteiger partial charge >= 0.3 is 6.18 Å². The zero-order valence-corrected chi connectivity index (χ0v) is 19.2. The van der Waals surface area contributed by atoms with Crippen molar-refractivity contribution in [3.05, 3.63) is 89.9 Å². The molecule has 2 aromatic heterocycles. The van der Waals surface area contributed by atoms with Crippen LogP contribution in [0.15, 0.2) is 73.2 Å². The predicted molar refractivity (Wildman–Crippen MR) is 129 cm³/mol. The van der Waals surface area contributed by atoms with Gasteiger partial charge < -0.3 is 4.57 Å². The van der Waals surface area contributed by atoms with Gasteiger partial charge in [0.2, 0.25) is 0 Å². The Labute approximate surface area is 195 Å². The lowest BCUT2D eigenvalue weighted by Crippen LogP contribution is -2.15. The van der Waals surface area contributed by atoms with E-state index in [4.69, 9.17) is 0 Å². The Morgan fingerprint density at radius 3 is 2.52 bits per heavy atom. The topological polar surface area (TPSA) is 33.1 Å². The molecule has 0 fully saturated rings. The van der Waals surface area contributed by atoms with Crippen LogP contribution in [0.4, 0.5) is 13.2 Å². The van der Waals surface area contributed by atoms with Crippen LogP contribution >= 0.6 is 12.1 Å². The number of alkyl halides is 3. The second kappa shape index (κ2) is 9.99. The van der Waals surface area contributed by atoms with Gasteiger partial charge in [0.05, 0.1) is 5.56 Å². The van der Waals surface area contributed by atoms with Gasteiger partial charge in [-0.3, -0.25) is 9.71 Å². The van der Waals surface area contributed by atoms with E-state index in [-0.39, 0.29) is 0 Å². The number of fused-ring (bicyclic) bond motifs is 1. The molecule has 0 saturated carbocycles. The first-order chi connectivity index (χ1) is 15.8. The SMILES string of the molecule is CN(C)SNCCc1cn(Cc2cccc(C(F)(F)F)c2)c2cc(-c3ccncc3)ccc12. The zero-order valence-electron chi connectivity index (χ0n) is 18.4. The molecule has 0 aliphatic carbocycles. The van der Waals surface area contributed by atoms with Crippen LogP contribution in [-0.2, 0) is 19.1 Å². The average Bonchev–Trinajstić information content (AvgIpc) is 3.13. The van der Waals surface area contributed by atoms with Crippen molar-refractivity contribution in [3.63, 3.8) is 0 Å². The Morgan fingerprint density at radius 1 is 1.00 bits per heavy atom. The summed E-state index contributed by atoms with van der Waals surface area (Å²) in [4.78, 5) is 4.08. The highest BCUT2D eigenvalue weighted by Crippen LogP contribution is 2.31. The van der Waals surface area contributed by atoms with E-state index >= 15 is 0 Å². The van der Waals surface area contributed by atoms with E-state index in [9.17, 15) is 13.2 Å². The number of pyridine rings is 1. The summed E-state index contributed by atoms with van der Waals surface area (Å²) in [7, 11) is 3.94. The summed E-state index contributed by atoms with van der Waals surface area (Å²) in [5.74, 6) is 0. The summed E-state index contributed by atoms with van der Waals surface area (Å²) in [5, 5.41) is 1.11. The molecule has 4 rings (SSSR count). The van der Waals surface area contributed by atoms with Gasteiger partial charge in [-0.05, 0) is 73.1 Å². The number of benzene rings is 2. The minimum Gasteiger partial charge on any atom is -0.343 e. The molecule has 8 heteroatoms. The maximum Gasteiger partial charge on any atom is 0.416 e. The quantitative estimate of drug-likeness (QED) is 0.252. The Morgan fingerprint density at radius 2 is 1.79 bits per heavy atom. The molecule has 0 amide bonds. The minimum atomic E-state index is -4.36. The highest BCUT2D eigenvalue weighted by Gasteiger charge is 2.30. The molecule has 172 valence electrons. The number of hydrogen-bond donors (Lipinski definition) is 1. The zero-order chi connectivity index (χ0) is 23.4. The normalized spacial score (nSPS) is 12.1. The van der Waals surface area contributed by atoms with E-state index in [1.165, 1.54) is 24.3 Å². The van der Waals surface area contributed by atoms with Crippen LogP contribution in [0.3, 0.4) is 0 Å². The molecule has 2 aromatic carbocycles. The van der Waals surface area contributed by atoms with Gasteiger partial charge in [-0.25, -0.2) is 4.31 Å². The Bertz CT molecular complexity index is 1220. The highest BCUT2D eigenvalue weighted by molar-refractivity contribution is 7.95. The molecule has 0 saturated heterocycles. The molecule has 0 bridgehead atoms. The minimum absolute atomic E-state index is 0.361. The largest absolute Gasteiger partial charge is 0.416 e. The van der Waals surface area contributed by atoms with E-state index in [0.29, 0.717) is 12.1 Å². The molecule has 0 aliphatic heterocycles. The molecule has 0 spiro atoms. The van der Waals surface area contributed by atoms with Gasteiger partial charge in [-0.1, -0.05) is 24.3 Å². The van der Waals surface area contributed by atoms with Crippen molar-refractivity contribution in [1.29, 1.82) is 0 Å². The first kappa shape index (κ1) is 23.4. The summed E-state index contributed by atoms with van der Waals surface area (Å²) in [5.41, 5.74) is 4.23. The summed E-state index contributed by atoms with van der Waals surface area (Å²) in [6.07, 6.45) is 2.01. The second-order valence-corrected chi connectivity index (χ2v) is 9.20. The maximum atomic E-state index is 13.2. The lowest BCUT2D eigenvalue weighted by atomic mass is 10.0. The van der Waals surface area contributed by atoms with Crippen LogP contribution in [0.1, 0.15) is 16.7 Å². The predicted octanol–water partition coefficient (Wildman–Crippen LogP) is 6.03. The number of hydrogen-bond acceptors (Lipinski definition) is 4. The van der Waals surface area contributed by atoms with Gasteiger partial charge in [-0.2, -0.15) is 13.2 Å². The Kier molecular flexibility index (Phi) is 7.07. The summed E-state index contributed by atoms with van der Waals surface area (Å²) in [6.45, 7) is 1.14. The third-order valence-electron chi connectivity index (χ3n) is 5.33. The lowest BCUT2D eigenvalue weighted by molar-refractivity contribution is -0.137. The molecule has 0 unspecified atom stereocenters. The van der Waals surface area contributed by atoms with Gasteiger partial charge in [-0.15, -0.1) is 0 Å². The second-order valence-electron chi connectivity index (χ2n) is 8.00. The Hall–Kier alpha value is -2.81. The van der Waals surface area contributed by atoms with Gasteiger partial charge in [0.25, 0.3) is 0 Å². The molecular formula is C25H25F3N4S. The molecule has 0 aliphatic rings. The highest BCUT2D eigenvalue weighted by atomic mass is 32.2. The molecule has 33 heavy (non-hydrogen) atoms. The third kappa shape index (κ3) is 5.76. The molecule has 4 aromatic rings. The van der Waals surface area contributed by atoms with Crippen LogP contribution in [-0.4, -0.2) is 34.5 Å². The van der Waals surface area contributed by atoms with Crippen molar-refractivity contribution in [2.24, 2.45) is 0 Å². The monoisotopic (exact) mass is 470 g/mol. The summed E-state index contributed by atoms with van der Waals surface area (Å²) >= 11 is 1.53. The number of halogens is 3. The van der Waals surface area contributed by atoms with Gasteiger partial charge in [0, 0.05) is 54.7 Å². The van der Waals surface area contributed by atoms with E-state index in [0.717, 1.165) is 46.6 Å². The number of aromatic nitrogens is 2. The molecule has 0 atom stereocenters. The molecule has 0 radical (unpaired) electrons. The number of rotatable bonds is 8. The summed E-state index contributed by atoms with van der Waals surface area (Å²) in [6, 6.07) is 15.7. The van der Waals surface area contributed by atoms with Crippen molar-refractivity contribution in [2.75, 3.05) is 20.6 Å². The van der Waals surface area contributed by atoms with Crippen LogP contribution in [0, 0.1) is 0 Å². The lowest BCUT2D eigenvalue weighted by Gasteiger charge is -2.11. The standard InChI is InChI=1S/C25H25F3N4S/c1-31(2)33-30-13-10-21-17-32(16-18-4-3-5-22(14-18)25(26,27)28)24-15-20(6-7-23(21)24)19-8-11-29-12-9-19/h3-9,11-12,14-15,17,30H,10,13,16H2,1-2H3. The average molecular weight is 471 g/mol. The van der Waals surface area contributed by atoms with Crippen LogP contribution in [0.25, 0.3) is 22.0 Å². The van der Waals surface area contributed by atoms with Gasteiger partial charge in [0.1, 0.15) is 0 Å². The third-order valence-corrected chi connectivity index (χ3v) is 6.03. The molecule has 4 nitrogen and oxygen atoms in total. The van der Waals surface area contributed by atoms with E-state index < -0.39 is 11.7 Å². The van der Waals surface area contributed by atoms with E-state index in [1.807, 2.05) is 35.1 Å².